The van der Waals surface area contributed by atoms with E-state index in [2.05, 4.69) is 9.88 Å². The van der Waals surface area contributed by atoms with E-state index in [4.69, 9.17) is 16.3 Å². The summed E-state index contributed by atoms with van der Waals surface area (Å²) >= 11 is 7.57. The maximum atomic E-state index is 12.9. The van der Waals surface area contributed by atoms with Gasteiger partial charge < -0.3 is 14.5 Å². The molecular formula is C22H22ClN3O2S. The van der Waals surface area contributed by atoms with Crippen molar-refractivity contribution >= 4 is 34.5 Å². The molecule has 0 radical (unpaired) electrons. The van der Waals surface area contributed by atoms with E-state index >= 15 is 0 Å². The van der Waals surface area contributed by atoms with Crippen molar-refractivity contribution < 1.29 is 9.53 Å². The summed E-state index contributed by atoms with van der Waals surface area (Å²) in [6.07, 6.45) is 0. The Kier molecular flexibility index (Phi) is 6.02. The van der Waals surface area contributed by atoms with Crippen molar-refractivity contribution in [2.75, 3.05) is 31.1 Å². The Morgan fingerprint density at radius 1 is 1.14 bits per heavy atom. The van der Waals surface area contributed by atoms with E-state index in [-0.39, 0.29) is 5.91 Å². The molecule has 1 amide bonds. The molecule has 3 aromatic rings. The molecule has 5 nitrogen and oxygen atoms in total. The lowest BCUT2D eigenvalue weighted by atomic mass is 10.1. The summed E-state index contributed by atoms with van der Waals surface area (Å²) in [6.45, 7) is 5.34. The van der Waals surface area contributed by atoms with Crippen LogP contribution < -0.4 is 9.64 Å². The number of anilines is 1. The largest absolute Gasteiger partial charge is 0.487 e. The highest BCUT2D eigenvalue weighted by Crippen LogP contribution is 2.21. The third-order valence-electron chi connectivity index (χ3n) is 4.89. The Morgan fingerprint density at radius 2 is 1.90 bits per heavy atom. The molecule has 4 rings (SSSR count). The second kappa shape index (κ2) is 8.84. The minimum atomic E-state index is 0.0377. The maximum absolute atomic E-state index is 12.9. The fourth-order valence-corrected chi connectivity index (χ4v) is 4.08. The summed E-state index contributed by atoms with van der Waals surface area (Å²) in [5.74, 6) is 0.719. The van der Waals surface area contributed by atoms with Gasteiger partial charge in [-0.05, 0) is 49.4 Å². The number of rotatable bonds is 5. The molecule has 0 aliphatic carbocycles. The number of amides is 1. The number of hydrogen-bond donors (Lipinski definition) is 0. The van der Waals surface area contributed by atoms with Gasteiger partial charge in [-0.1, -0.05) is 17.7 Å². The van der Waals surface area contributed by atoms with Crippen LogP contribution in [0.1, 0.15) is 21.1 Å². The van der Waals surface area contributed by atoms with Crippen molar-refractivity contribution in [3.8, 4) is 5.75 Å². The highest BCUT2D eigenvalue weighted by molar-refractivity contribution is 7.09. The lowest BCUT2D eigenvalue weighted by molar-refractivity contribution is 0.0746. The van der Waals surface area contributed by atoms with Crippen LogP contribution in [0, 0.1) is 6.92 Å². The Labute approximate surface area is 179 Å². The summed E-state index contributed by atoms with van der Waals surface area (Å²) in [5, 5.41) is 3.74. The van der Waals surface area contributed by atoms with Gasteiger partial charge in [0, 0.05) is 47.8 Å². The molecule has 0 bridgehead atoms. The quantitative estimate of drug-likeness (QED) is 0.594. The molecule has 0 saturated carbocycles. The van der Waals surface area contributed by atoms with Gasteiger partial charge >= 0.3 is 0 Å². The number of benzene rings is 2. The summed E-state index contributed by atoms with van der Waals surface area (Å²) in [6, 6.07) is 15.2. The molecule has 7 heteroatoms. The zero-order chi connectivity index (χ0) is 20.2. The van der Waals surface area contributed by atoms with Gasteiger partial charge in [0.25, 0.3) is 5.91 Å². The van der Waals surface area contributed by atoms with Crippen LogP contribution in [0.3, 0.4) is 0 Å². The number of nitrogens with zero attached hydrogens (tertiary/aromatic N) is 3. The standard InChI is InChI=1S/C22H22ClN3O2S/c1-16-24-19(15-29-16)14-28-21-4-2-3-17(13-21)22(27)26-11-9-25(10-12-26)20-7-5-18(23)6-8-20/h2-8,13,15H,9-12,14H2,1H3. The lowest BCUT2D eigenvalue weighted by Gasteiger charge is -2.36. The number of carbonyl (C=O) groups excluding carboxylic acids is 1. The smallest absolute Gasteiger partial charge is 0.254 e. The van der Waals surface area contributed by atoms with E-state index in [1.165, 1.54) is 0 Å². The van der Waals surface area contributed by atoms with E-state index in [0.29, 0.717) is 31.0 Å². The average molecular weight is 428 g/mol. The minimum absolute atomic E-state index is 0.0377. The maximum Gasteiger partial charge on any atom is 0.254 e. The molecule has 1 fully saturated rings. The van der Waals surface area contributed by atoms with Gasteiger partial charge in [-0.25, -0.2) is 4.98 Å². The first-order chi connectivity index (χ1) is 14.1. The van der Waals surface area contributed by atoms with Crippen LogP contribution in [0.5, 0.6) is 5.75 Å². The summed E-state index contributed by atoms with van der Waals surface area (Å²) in [7, 11) is 0. The number of aromatic nitrogens is 1. The molecule has 1 aromatic heterocycles. The Hall–Kier alpha value is -2.57. The van der Waals surface area contributed by atoms with E-state index in [1.54, 1.807) is 11.3 Å². The zero-order valence-electron chi connectivity index (χ0n) is 16.2. The Balaban J connectivity index is 1.35. The van der Waals surface area contributed by atoms with Crippen molar-refractivity contribution in [2.45, 2.75) is 13.5 Å². The van der Waals surface area contributed by atoms with Crippen LogP contribution >= 0.6 is 22.9 Å². The van der Waals surface area contributed by atoms with Gasteiger partial charge in [-0.15, -0.1) is 11.3 Å². The highest BCUT2D eigenvalue weighted by Gasteiger charge is 2.22. The third-order valence-corrected chi connectivity index (χ3v) is 5.97. The Bertz CT molecular complexity index is 982. The van der Waals surface area contributed by atoms with Crippen molar-refractivity contribution in [1.29, 1.82) is 0 Å². The molecule has 0 unspecified atom stereocenters. The van der Waals surface area contributed by atoms with E-state index < -0.39 is 0 Å². The van der Waals surface area contributed by atoms with Gasteiger partial charge in [0.15, 0.2) is 0 Å². The third kappa shape index (κ3) is 4.89. The second-order valence-corrected chi connectivity index (χ2v) is 8.43. The first-order valence-electron chi connectivity index (χ1n) is 9.52. The lowest BCUT2D eigenvalue weighted by Crippen LogP contribution is -2.48. The fourth-order valence-electron chi connectivity index (χ4n) is 3.35. The van der Waals surface area contributed by atoms with Crippen molar-refractivity contribution in [2.24, 2.45) is 0 Å². The molecule has 1 aliphatic heterocycles. The number of halogens is 1. The predicted octanol–water partition coefficient (Wildman–Crippen LogP) is 4.65. The van der Waals surface area contributed by atoms with Gasteiger partial charge in [0.1, 0.15) is 12.4 Å². The van der Waals surface area contributed by atoms with Gasteiger partial charge in [0.2, 0.25) is 0 Å². The SMILES string of the molecule is Cc1nc(COc2cccc(C(=O)N3CCN(c4ccc(Cl)cc4)CC3)c2)cs1. The van der Waals surface area contributed by atoms with Crippen LogP contribution in [0.4, 0.5) is 5.69 Å². The number of hydrogen-bond acceptors (Lipinski definition) is 5. The molecule has 1 aliphatic rings. The van der Waals surface area contributed by atoms with Crippen molar-refractivity contribution in [1.82, 2.24) is 9.88 Å². The second-order valence-electron chi connectivity index (χ2n) is 6.93. The molecule has 150 valence electrons. The molecule has 2 aromatic carbocycles. The number of ether oxygens (including phenoxy) is 1. The zero-order valence-corrected chi connectivity index (χ0v) is 17.7. The molecule has 0 spiro atoms. The van der Waals surface area contributed by atoms with Crippen LogP contribution in [0.25, 0.3) is 0 Å². The van der Waals surface area contributed by atoms with E-state index in [9.17, 15) is 4.79 Å². The molecule has 1 saturated heterocycles. The highest BCUT2D eigenvalue weighted by atomic mass is 35.5. The first kappa shape index (κ1) is 19.7. The monoisotopic (exact) mass is 427 g/mol. The van der Waals surface area contributed by atoms with Gasteiger partial charge in [-0.2, -0.15) is 0 Å². The van der Waals surface area contributed by atoms with Crippen LogP contribution in [0.2, 0.25) is 5.02 Å². The predicted molar refractivity (Wildman–Crippen MR) is 117 cm³/mol. The van der Waals surface area contributed by atoms with Crippen molar-refractivity contribution in [3.63, 3.8) is 0 Å². The normalized spacial score (nSPS) is 14.1. The summed E-state index contributed by atoms with van der Waals surface area (Å²) in [5.41, 5.74) is 2.69. The van der Waals surface area contributed by atoms with E-state index in [0.717, 1.165) is 34.5 Å². The topological polar surface area (TPSA) is 45.7 Å². The number of aryl methyl sites for hydroxylation is 1. The molecule has 0 atom stereocenters. The summed E-state index contributed by atoms with van der Waals surface area (Å²) < 4.78 is 5.82. The van der Waals surface area contributed by atoms with Crippen LogP contribution in [-0.4, -0.2) is 42.0 Å². The van der Waals surface area contributed by atoms with E-state index in [1.807, 2.05) is 65.7 Å². The van der Waals surface area contributed by atoms with Crippen molar-refractivity contribution in [3.05, 3.63) is 75.2 Å². The molecule has 2 heterocycles. The molecule has 29 heavy (non-hydrogen) atoms. The number of thiazole rings is 1. The van der Waals surface area contributed by atoms with Gasteiger partial charge in [0.05, 0.1) is 10.7 Å². The fraction of sp³-hybridized carbons (Fsp3) is 0.273. The van der Waals surface area contributed by atoms with Gasteiger partial charge in [-0.3, -0.25) is 4.79 Å². The number of piperazine rings is 1. The van der Waals surface area contributed by atoms with Crippen LogP contribution in [0.15, 0.2) is 53.9 Å². The van der Waals surface area contributed by atoms with Crippen LogP contribution in [-0.2, 0) is 6.61 Å². The molecule has 0 N–H and O–H groups in total. The summed E-state index contributed by atoms with van der Waals surface area (Å²) in [4.78, 5) is 21.5. The first-order valence-corrected chi connectivity index (χ1v) is 10.8. The number of carbonyl (C=O) groups is 1. The average Bonchev–Trinajstić information content (AvgIpc) is 3.18. The molecular weight excluding hydrogens is 406 g/mol. The Morgan fingerprint density at radius 3 is 2.59 bits per heavy atom. The minimum Gasteiger partial charge on any atom is -0.487 e.